The van der Waals surface area contributed by atoms with Crippen LogP contribution in [0.3, 0.4) is 0 Å². The van der Waals surface area contributed by atoms with Gasteiger partial charge in [0, 0.05) is 11.8 Å². The Kier molecular flexibility index (Phi) is 2.41. The van der Waals surface area contributed by atoms with Crippen LogP contribution in [0.5, 0.6) is 0 Å². The van der Waals surface area contributed by atoms with Crippen LogP contribution in [-0.2, 0) is 4.79 Å². The van der Waals surface area contributed by atoms with Gasteiger partial charge < -0.3 is 0 Å². The van der Waals surface area contributed by atoms with Gasteiger partial charge in [0.15, 0.2) is 10.1 Å². The number of alkyl halides is 2. The molecule has 0 bridgehead atoms. The van der Waals surface area contributed by atoms with E-state index < -0.39 is 4.33 Å². The van der Waals surface area contributed by atoms with Crippen LogP contribution in [0, 0.1) is 11.8 Å². The van der Waals surface area contributed by atoms with E-state index in [4.69, 9.17) is 23.2 Å². The van der Waals surface area contributed by atoms with Crippen molar-refractivity contribution in [1.29, 1.82) is 0 Å². The minimum Gasteiger partial charge on any atom is -0.296 e. The molecular formula is C10H12Cl2O. The summed E-state index contributed by atoms with van der Waals surface area (Å²) in [6.07, 6.45) is 8.14. The molecule has 0 amide bonds. The maximum atomic E-state index is 11.5. The molecule has 2 aliphatic carbocycles. The van der Waals surface area contributed by atoms with E-state index >= 15 is 0 Å². The average molecular weight is 219 g/mol. The Morgan fingerprint density at radius 3 is 2.54 bits per heavy atom. The van der Waals surface area contributed by atoms with Gasteiger partial charge in [0.1, 0.15) is 0 Å². The molecule has 0 aromatic carbocycles. The second-order valence-electron chi connectivity index (χ2n) is 3.83. The third-order valence-electron chi connectivity index (χ3n) is 3.07. The molecule has 0 saturated heterocycles. The summed E-state index contributed by atoms with van der Waals surface area (Å²) >= 11 is 11.9. The molecule has 2 rings (SSSR count). The number of Topliss-reactive ketones (excluding diaryl/α,β-unsaturated/α-hetero) is 1. The van der Waals surface area contributed by atoms with Crippen LogP contribution in [0.1, 0.15) is 25.7 Å². The van der Waals surface area contributed by atoms with Crippen molar-refractivity contribution in [2.24, 2.45) is 11.8 Å². The van der Waals surface area contributed by atoms with Gasteiger partial charge >= 0.3 is 0 Å². The van der Waals surface area contributed by atoms with E-state index in [1.165, 1.54) is 0 Å². The Morgan fingerprint density at radius 2 is 1.85 bits per heavy atom. The summed E-state index contributed by atoms with van der Waals surface area (Å²) in [7, 11) is 0. The van der Waals surface area contributed by atoms with Crippen molar-refractivity contribution in [2.45, 2.75) is 30.0 Å². The van der Waals surface area contributed by atoms with E-state index in [0.29, 0.717) is 0 Å². The third kappa shape index (κ3) is 1.42. The number of rotatable bonds is 0. The first-order valence-electron chi connectivity index (χ1n) is 4.71. The molecule has 0 aliphatic heterocycles. The van der Waals surface area contributed by atoms with Crippen LogP contribution in [0.15, 0.2) is 12.2 Å². The Balaban J connectivity index is 2.13. The largest absolute Gasteiger partial charge is 0.296 e. The van der Waals surface area contributed by atoms with E-state index in [0.717, 1.165) is 25.7 Å². The zero-order chi connectivity index (χ0) is 9.47. The predicted octanol–water partition coefficient (Wildman–Crippen LogP) is 3.11. The first-order chi connectivity index (χ1) is 6.14. The molecule has 0 aromatic rings. The number of halogens is 2. The molecule has 2 atom stereocenters. The Labute approximate surface area is 88.1 Å². The highest BCUT2D eigenvalue weighted by molar-refractivity contribution is 6.60. The fraction of sp³-hybridized carbons (Fsp3) is 0.700. The quantitative estimate of drug-likeness (QED) is 0.452. The van der Waals surface area contributed by atoms with Crippen LogP contribution >= 0.6 is 23.2 Å². The van der Waals surface area contributed by atoms with Gasteiger partial charge in [0.2, 0.25) is 0 Å². The van der Waals surface area contributed by atoms with Gasteiger partial charge in [-0.2, -0.15) is 0 Å². The summed E-state index contributed by atoms with van der Waals surface area (Å²) < 4.78 is -1.07. The first kappa shape index (κ1) is 9.54. The molecule has 0 radical (unpaired) electrons. The van der Waals surface area contributed by atoms with Crippen molar-refractivity contribution in [3.63, 3.8) is 0 Å². The highest BCUT2D eigenvalue weighted by Gasteiger charge is 2.59. The van der Waals surface area contributed by atoms with Crippen LogP contribution in [0.4, 0.5) is 0 Å². The van der Waals surface area contributed by atoms with Crippen molar-refractivity contribution >= 4 is 29.0 Å². The van der Waals surface area contributed by atoms with Gasteiger partial charge in [-0.05, 0) is 25.7 Å². The molecule has 72 valence electrons. The van der Waals surface area contributed by atoms with Gasteiger partial charge in [-0.15, -0.1) is 0 Å². The molecule has 2 aliphatic rings. The van der Waals surface area contributed by atoms with Crippen molar-refractivity contribution in [3.8, 4) is 0 Å². The number of allylic oxidation sites excluding steroid dienone is 2. The fourth-order valence-electron chi connectivity index (χ4n) is 2.27. The van der Waals surface area contributed by atoms with Crippen LogP contribution in [-0.4, -0.2) is 10.1 Å². The predicted molar refractivity (Wildman–Crippen MR) is 54.0 cm³/mol. The number of ketones is 1. The lowest BCUT2D eigenvalue weighted by Crippen LogP contribution is -2.56. The summed E-state index contributed by atoms with van der Waals surface area (Å²) in [6, 6.07) is 0. The van der Waals surface area contributed by atoms with Gasteiger partial charge in [0.25, 0.3) is 0 Å². The van der Waals surface area contributed by atoms with E-state index in [1.54, 1.807) is 0 Å². The van der Waals surface area contributed by atoms with Gasteiger partial charge in [0.05, 0.1) is 0 Å². The molecular weight excluding hydrogens is 207 g/mol. The molecule has 1 nitrogen and oxygen atoms in total. The fourth-order valence-corrected chi connectivity index (χ4v) is 3.07. The van der Waals surface area contributed by atoms with Crippen LogP contribution < -0.4 is 0 Å². The molecule has 0 spiro atoms. The van der Waals surface area contributed by atoms with E-state index in [2.05, 4.69) is 12.2 Å². The molecule has 1 fully saturated rings. The van der Waals surface area contributed by atoms with Gasteiger partial charge in [-0.25, -0.2) is 0 Å². The molecule has 2 unspecified atom stereocenters. The maximum Gasteiger partial charge on any atom is 0.179 e. The zero-order valence-corrected chi connectivity index (χ0v) is 8.81. The number of fused-ring (bicyclic) bond motifs is 1. The monoisotopic (exact) mass is 218 g/mol. The van der Waals surface area contributed by atoms with Gasteiger partial charge in [-0.3, -0.25) is 4.79 Å². The summed E-state index contributed by atoms with van der Waals surface area (Å²) in [5.74, 6) is 0.351. The second kappa shape index (κ2) is 3.29. The Bertz CT molecular complexity index is 258. The molecule has 0 N–H and O–H groups in total. The number of carbonyl (C=O) groups is 1. The van der Waals surface area contributed by atoms with Crippen molar-refractivity contribution in [2.75, 3.05) is 0 Å². The highest BCUT2D eigenvalue weighted by atomic mass is 35.5. The number of hydrogen-bond donors (Lipinski definition) is 0. The Hall–Kier alpha value is -0.0100. The molecule has 13 heavy (non-hydrogen) atoms. The smallest absolute Gasteiger partial charge is 0.179 e. The van der Waals surface area contributed by atoms with Crippen molar-refractivity contribution < 1.29 is 4.79 Å². The minimum atomic E-state index is -1.07. The topological polar surface area (TPSA) is 17.1 Å². The number of carbonyl (C=O) groups excluding carboxylic acids is 1. The maximum absolute atomic E-state index is 11.5. The van der Waals surface area contributed by atoms with Crippen molar-refractivity contribution in [3.05, 3.63) is 12.2 Å². The lowest BCUT2D eigenvalue weighted by Gasteiger charge is -2.46. The second-order valence-corrected chi connectivity index (χ2v) is 5.21. The van der Waals surface area contributed by atoms with Crippen molar-refractivity contribution in [1.82, 2.24) is 0 Å². The summed E-state index contributed by atoms with van der Waals surface area (Å²) in [5, 5.41) is 0. The van der Waals surface area contributed by atoms with E-state index in [-0.39, 0.29) is 17.6 Å². The lowest BCUT2D eigenvalue weighted by molar-refractivity contribution is -0.136. The average Bonchev–Trinajstić information content (AvgIpc) is 2.03. The lowest BCUT2D eigenvalue weighted by atomic mass is 9.66. The van der Waals surface area contributed by atoms with Crippen LogP contribution in [0.25, 0.3) is 0 Å². The molecule has 0 heterocycles. The first-order valence-corrected chi connectivity index (χ1v) is 5.47. The minimum absolute atomic E-state index is 0.0381. The van der Waals surface area contributed by atoms with Crippen LogP contribution in [0.2, 0.25) is 0 Å². The van der Waals surface area contributed by atoms with E-state index in [1.807, 2.05) is 0 Å². The summed E-state index contributed by atoms with van der Waals surface area (Å²) in [4.78, 5) is 11.5. The Morgan fingerprint density at radius 1 is 1.23 bits per heavy atom. The van der Waals surface area contributed by atoms with Gasteiger partial charge in [-0.1, -0.05) is 35.4 Å². The summed E-state index contributed by atoms with van der Waals surface area (Å²) in [6.45, 7) is 0. The molecule has 0 aromatic heterocycles. The molecule has 1 saturated carbocycles. The number of hydrogen-bond acceptors (Lipinski definition) is 1. The zero-order valence-electron chi connectivity index (χ0n) is 7.30. The summed E-state index contributed by atoms with van der Waals surface area (Å²) in [5.41, 5.74) is 0. The SMILES string of the molecule is O=C1C2CC/C=C\CCC2C1(Cl)Cl. The molecule has 3 heteroatoms. The highest BCUT2D eigenvalue weighted by Crippen LogP contribution is 2.53. The standard InChI is InChI=1S/C10H12Cl2O/c11-10(12)8-6-4-2-1-3-5-7(8)9(10)13/h1-2,7-8H,3-6H2/b2-1-. The normalized spacial score (nSPS) is 39.7. The van der Waals surface area contributed by atoms with E-state index in [9.17, 15) is 4.79 Å². The third-order valence-corrected chi connectivity index (χ3v) is 4.01.